The van der Waals surface area contributed by atoms with E-state index in [9.17, 15) is 19.2 Å². The zero-order chi connectivity index (χ0) is 58.7. The first-order chi connectivity index (χ1) is 39.3. The van der Waals surface area contributed by atoms with E-state index >= 15 is 0 Å². The second kappa shape index (κ2) is 72.1. The molecule has 0 aromatic carbocycles. The van der Waals surface area contributed by atoms with Gasteiger partial charge in [0.1, 0.15) is 19.3 Å². The highest BCUT2D eigenvalue weighted by Crippen LogP contribution is 2.18. The minimum Gasteiger partial charge on any atom is -0.462 e. The van der Waals surface area contributed by atoms with Gasteiger partial charge in [-0.15, -0.1) is 0 Å². The van der Waals surface area contributed by atoms with Crippen LogP contribution in [0.4, 0.5) is 0 Å². The smallest absolute Gasteiger partial charge is 0.306 e. The maximum Gasteiger partial charge on any atom is 0.306 e. The van der Waals surface area contributed by atoms with Crippen molar-refractivity contribution in [2.75, 3.05) is 26.4 Å². The molecule has 0 saturated heterocycles. The third kappa shape index (κ3) is 70.2. The lowest BCUT2D eigenvalue weighted by Gasteiger charge is -2.18. The number of rotatable bonds is 64. The monoisotopic (exact) mass is 1150 g/mol. The molecule has 0 aliphatic heterocycles. The number of carbonyl (C=O) groups is 4. The predicted molar refractivity (Wildman–Crippen MR) is 344 cm³/mol. The molecule has 0 bridgehead atoms. The lowest BCUT2D eigenvalue weighted by molar-refractivity contribution is -0.167. The minimum absolute atomic E-state index is 0. The van der Waals surface area contributed by atoms with Crippen molar-refractivity contribution in [3.05, 3.63) is 0 Å². The third-order valence-corrected chi connectivity index (χ3v) is 15.8. The summed E-state index contributed by atoms with van der Waals surface area (Å²) in [4.78, 5) is 49.3. The SMILES string of the molecule is C.CCCCCCCCCCCCCCCC(=O)OC(CO)CO.CCCCCCCCCCCCCCCC(=O)OCC(COC(=O)CCCCCCCCCCCCCCC)OC(=O)CCCCCCCCCCCCCCC. The van der Waals surface area contributed by atoms with Gasteiger partial charge < -0.3 is 29.2 Å². The van der Waals surface area contributed by atoms with E-state index in [1.807, 2.05) is 0 Å². The van der Waals surface area contributed by atoms with Crippen LogP contribution in [0.1, 0.15) is 395 Å². The Labute approximate surface area is 503 Å². The average Bonchev–Trinajstić information content (AvgIpc) is 3.46. The molecular formula is C71H140O10. The summed E-state index contributed by atoms with van der Waals surface area (Å²) in [5.41, 5.74) is 0. The highest BCUT2D eigenvalue weighted by atomic mass is 16.6. The summed E-state index contributed by atoms with van der Waals surface area (Å²) >= 11 is 0. The van der Waals surface area contributed by atoms with Crippen LogP contribution in [-0.4, -0.2) is 72.7 Å². The zero-order valence-corrected chi connectivity index (χ0v) is 53.7. The molecule has 484 valence electrons. The fourth-order valence-electron chi connectivity index (χ4n) is 10.4. The molecule has 10 heteroatoms. The molecule has 81 heavy (non-hydrogen) atoms. The molecule has 0 saturated carbocycles. The highest BCUT2D eigenvalue weighted by Gasteiger charge is 2.20. The lowest BCUT2D eigenvalue weighted by atomic mass is 10.0. The van der Waals surface area contributed by atoms with Crippen molar-refractivity contribution in [2.24, 2.45) is 0 Å². The number of hydrogen-bond donors (Lipinski definition) is 2. The molecule has 0 unspecified atom stereocenters. The van der Waals surface area contributed by atoms with E-state index in [1.165, 1.54) is 263 Å². The van der Waals surface area contributed by atoms with E-state index in [2.05, 4.69) is 27.7 Å². The van der Waals surface area contributed by atoms with Crippen LogP contribution >= 0.6 is 0 Å². The summed E-state index contributed by atoms with van der Waals surface area (Å²) in [5.74, 6) is -1.16. The molecule has 0 aromatic rings. The molecule has 0 amide bonds. The van der Waals surface area contributed by atoms with Gasteiger partial charge in [-0.3, -0.25) is 19.2 Å². The maximum atomic E-state index is 12.8. The van der Waals surface area contributed by atoms with Crippen molar-refractivity contribution in [3.63, 3.8) is 0 Å². The molecule has 0 fully saturated rings. The van der Waals surface area contributed by atoms with Crippen LogP contribution in [0.3, 0.4) is 0 Å². The Morgan fingerprint density at radius 1 is 0.247 bits per heavy atom. The van der Waals surface area contributed by atoms with Crippen LogP contribution in [0.15, 0.2) is 0 Å². The average molecular weight is 1150 g/mol. The fraction of sp³-hybridized carbons (Fsp3) is 0.944. The molecule has 0 heterocycles. The lowest BCUT2D eigenvalue weighted by Crippen LogP contribution is -2.30. The first-order valence-corrected chi connectivity index (χ1v) is 35.2. The first kappa shape index (κ1) is 83.0. The van der Waals surface area contributed by atoms with E-state index in [0.717, 1.165) is 70.6 Å². The molecule has 10 nitrogen and oxygen atoms in total. The number of esters is 4. The number of carbonyl (C=O) groups excluding carboxylic acids is 4. The largest absolute Gasteiger partial charge is 0.462 e. The number of ether oxygens (including phenoxy) is 4. The summed E-state index contributed by atoms with van der Waals surface area (Å²) in [6, 6.07) is 0. The van der Waals surface area contributed by atoms with Crippen LogP contribution in [-0.2, 0) is 38.1 Å². The van der Waals surface area contributed by atoms with E-state index in [-0.39, 0.29) is 57.7 Å². The Morgan fingerprint density at radius 3 is 0.593 bits per heavy atom. The Kier molecular flexibility index (Phi) is 73.9. The van der Waals surface area contributed by atoms with E-state index in [1.54, 1.807) is 0 Å². The molecular weight excluding hydrogens is 1010 g/mol. The fourth-order valence-corrected chi connectivity index (χ4v) is 10.4. The van der Waals surface area contributed by atoms with Crippen molar-refractivity contribution in [3.8, 4) is 0 Å². The Hall–Kier alpha value is -2.20. The Morgan fingerprint density at radius 2 is 0.407 bits per heavy atom. The van der Waals surface area contributed by atoms with E-state index < -0.39 is 12.2 Å². The molecule has 0 rings (SSSR count). The molecule has 0 atom stereocenters. The second-order valence-electron chi connectivity index (χ2n) is 23.9. The van der Waals surface area contributed by atoms with Crippen molar-refractivity contribution in [2.45, 2.75) is 407 Å². The molecule has 2 N–H and O–H groups in total. The van der Waals surface area contributed by atoms with Crippen LogP contribution in [0.5, 0.6) is 0 Å². The first-order valence-electron chi connectivity index (χ1n) is 35.2. The van der Waals surface area contributed by atoms with Gasteiger partial charge in [-0.2, -0.15) is 0 Å². The van der Waals surface area contributed by atoms with Crippen molar-refractivity contribution in [1.29, 1.82) is 0 Å². The topological polar surface area (TPSA) is 146 Å². The van der Waals surface area contributed by atoms with Crippen LogP contribution in [0.25, 0.3) is 0 Å². The second-order valence-corrected chi connectivity index (χ2v) is 23.9. The Bertz CT molecular complexity index is 1210. The number of aliphatic hydroxyl groups excluding tert-OH is 2. The van der Waals surface area contributed by atoms with Gasteiger partial charge in [-0.1, -0.05) is 343 Å². The van der Waals surface area contributed by atoms with E-state index in [0.29, 0.717) is 25.7 Å². The summed E-state index contributed by atoms with van der Waals surface area (Å²) in [5, 5.41) is 17.6. The normalized spacial score (nSPS) is 11.2. The van der Waals surface area contributed by atoms with Gasteiger partial charge in [0.05, 0.1) is 13.2 Å². The summed E-state index contributed by atoms with van der Waals surface area (Å²) in [6.45, 7) is 8.29. The number of hydrogen-bond acceptors (Lipinski definition) is 10. The van der Waals surface area contributed by atoms with Gasteiger partial charge in [0, 0.05) is 25.7 Å². The Balaban J connectivity index is -0.00000212. The molecule has 0 aliphatic rings. The third-order valence-electron chi connectivity index (χ3n) is 15.8. The maximum absolute atomic E-state index is 12.8. The highest BCUT2D eigenvalue weighted by molar-refractivity contribution is 5.71. The zero-order valence-electron chi connectivity index (χ0n) is 53.7. The standard InChI is InChI=1S/C51H98O6.C19H38O4.CH4/c1-4-7-10-13-16-19-22-25-28-31-34-37-40-43-49(52)55-46-48(57-51(54)45-42-39-36-33-30-27-24-21-18-15-12-9-6-3)47-56-50(53)44-41-38-35-32-29-26-23-20-17-14-11-8-5-2;1-2-3-4-5-6-7-8-9-10-11-12-13-14-15-19(22)23-18(16-20)17-21;/h48H,4-47H2,1-3H3;18,20-21H,2-17H2,1H3;1H4. The van der Waals surface area contributed by atoms with Gasteiger partial charge in [0.2, 0.25) is 0 Å². The van der Waals surface area contributed by atoms with Gasteiger partial charge >= 0.3 is 23.9 Å². The van der Waals surface area contributed by atoms with Crippen molar-refractivity contribution >= 4 is 23.9 Å². The number of aliphatic hydroxyl groups is 2. The van der Waals surface area contributed by atoms with Gasteiger partial charge in [0.15, 0.2) is 6.10 Å². The van der Waals surface area contributed by atoms with Gasteiger partial charge in [0.25, 0.3) is 0 Å². The van der Waals surface area contributed by atoms with Crippen LogP contribution in [0.2, 0.25) is 0 Å². The van der Waals surface area contributed by atoms with Crippen molar-refractivity contribution in [1.82, 2.24) is 0 Å². The molecule has 0 radical (unpaired) electrons. The summed E-state index contributed by atoms with van der Waals surface area (Å²) in [6.07, 6.45) is 65.5. The van der Waals surface area contributed by atoms with Gasteiger partial charge in [-0.25, -0.2) is 0 Å². The predicted octanol–water partition coefficient (Wildman–Crippen LogP) is 21.4. The van der Waals surface area contributed by atoms with Crippen LogP contribution in [0, 0.1) is 0 Å². The quantitative estimate of drug-likeness (QED) is 0.0343. The van der Waals surface area contributed by atoms with Crippen molar-refractivity contribution < 1.29 is 48.3 Å². The molecule has 0 aliphatic carbocycles. The minimum atomic E-state index is -0.760. The van der Waals surface area contributed by atoms with Crippen LogP contribution < -0.4 is 0 Å². The summed E-state index contributed by atoms with van der Waals surface area (Å²) < 4.78 is 21.7. The molecule has 0 aromatic heterocycles. The molecule has 0 spiro atoms. The van der Waals surface area contributed by atoms with Gasteiger partial charge in [-0.05, 0) is 25.7 Å². The van der Waals surface area contributed by atoms with E-state index in [4.69, 9.17) is 29.2 Å². The summed E-state index contributed by atoms with van der Waals surface area (Å²) in [7, 11) is 0. The number of unbranched alkanes of at least 4 members (excludes halogenated alkanes) is 48.